The van der Waals surface area contributed by atoms with Crippen molar-refractivity contribution in [3.05, 3.63) is 72.3 Å². The van der Waals surface area contributed by atoms with E-state index in [1.54, 1.807) is 0 Å². The van der Waals surface area contributed by atoms with Crippen LogP contribution in [-0.4, -0.2) is 35.4 Å². The van der Waals surface area contributed by atoms with Gasteiger partial charge in [-0.15, -0.1) is 0 Å². The maximum Gasteiger partial charge on any atom is 0.120 e. The third kappa shape index (κ3) is 3.31. The number of rotatable bonds is 3. The summed E-state index contributed by atoms with van der Waals surface area (Å²) in [5.74, 6) is 0. The van der Waals surface area contributed by atoms with Crippen molar-refractivity contribution in [1.29, 1.82) is 0 Å². The molecule has 4 rings (SSSR count). The SMILES string of the molecule is CC1C(O)NCCN1Cc1ccc(-c2cccc3ccccc23)cc1. The Morgan fingerprint density at radius 1 is 1.00 bits per heavy atom. The largest absolute Gasteiger partial charge is 0.377 e. The zero-order chi connectivity index (χ0) is 17.2. The van der Waals surface area contributed by atoms with Crippen LogP contribution >= 0.6 is 0 Å². The van der Waals surface area contributed by atoms with Crippen molar-refractivity contribution >= 4 is 10.8 Å². The second-order valence-corrected chi connectivity index (χ2v) is 6.83. The predicted molar refractivity (Wildman–Crippen MR) is 103 cm³/mol. The molecular formula is C22H24N2O. The number of aliphatic hydroxyl groups is 1. The van der Waals surface area contributed by atoms with Crippen molar-refractivity contribution in [2.24, 2.45) is 0 Å². The van der Waals surface area contributed by atoms with Crippen LogP contribution in [0.2, 0.25) is 0 Å². The molecule has 0 bridgehead atoms. The molecule has 3 nitrogen and oxygen atoms in total. The van der Waals surface area contributed by atoms with Gasteiger partial charge in [0.05, 0.1) is 0 Å². The molecule has 3 heteroatoms. The molecule has 0 aromatic heterocycles. The standard InChI is InChI=1S/C22H24N2O/c1-16-22(25)23-13-14-24(16)15-17-9-11-19(12-10-17)21-8-4-6-18-5-2-3-7-20(18)21/h2-12,16,22-23,25H,13-15H2,1H3. The van der Waals surface area contributed by atoms with Gasteiger partial charge in [0.1, 0.15) is 6.23 Å². The average Bonchev–Trinajstić information content (AvgIpc) is 2.66. The molecule has 0 aliphatic carbocycles. The number of fused-ring (bicyclic) bond motifs is 1. The first-order chi connectivity index (χ1) is 12.2. The van der Waals surface area contributed by atoms with Gasteiger partial charge in [-0.2, -0.15) is 0 Å². The van der Waals surface area contributed by atoms with E-state index < -0.39 is 6.23 Å². The molecule has 3 aromatic carbocycles. The molecule has 1 fully saturated rings. The van der Waals surface area contributed by atoms with Crippen LogP contribution in [0, 0.1) is 0 Å². The van der Waals surface area contributed by atoms with Crippen molar-refractivity contribution in [2.45, 2.75) is 25.7 Å². The molecule has 128 valence electrons. The highest BCUT2D eigenvalue weighted by Gasteiger charge is 2.25. The first-order valence-electron chi connectivity index (χ1n) is 8.95. The summed E-state index contributed by atoms with van der Waals surface area (Å²) in [7, 11) is 0. The number of hydrogen-bond acceptors (Lipinski definition) is 3. The quantitative estimate of drug-likeness (QED) is 0.769. The van der Waals surface area contributed by atoms with Gasteiger partial charge in [-0.25, -0.2) is 0 Å². The topological polar surface area (TPSA) is 35.5 Å². The number of hydrogen-bond donors (Lipinski definition) is 2. The number of nitrogens with zero attached hydrogens (tertiary/aromatic N) is 1. The predicted octanol–water partition coefficient (Wildman–Crippen LogP) is 3.62. The van der Waals surface area contributed by atoms with Gasteiger partial charge in [0, 0.05) is 25.7 Å². The Balaban J connectivity index is 1.58. The first kappa shape index (κ1) is 16.3. The number of aliphatic hydroxyl groups excluding tert-OH is 1. The van der Waals surface area contributed by atoms with Gasteiger partial charge < -0.3 is 5.11 Å². The number of nitrogens with one attached hydrogen (secondary N) is 1. The fourth-order valence-electron chi connectivity index (χ4n) is 3.65. The van der Waals surface area contributed by atoms with Gasteiger partial charge in [-0.05, 0) is 34.4 Å². The van der Waals surface area contributed by atoms with Crippen molar-refractivity contribution in [1.82, 2.24) is 10.2 Å². The van der Waals surface area contributed by atoms with E-state index in [-0.39, 0.29) is 6.04 Å². The van der Waals surface area contributed by atoms with Crippen LogP contribution in [0.15, 0.2) is 66.7 Å². The lowest BCUT2D eigenvalue weighted by molar-refractivity contribution is 0.00176. The first-order valence-corrected chi connectivity index (χ1v) is 8.95. The molecule has 1 heterocycles. The van der Waals surface area contributed by atoms with Crippen LogP contribution < -0.4 is 5.32 Å². The molecule has 0 radical (unpaired) electrons. The zero-order valence-electron chi connectivity index (χ0n) is 14.5. The van der Waals surface area contributed by atoms with E-state index >= 15 is 0 Å². The minimum absolute atomic E-state index is 0.131. The molecule has 1 aliphatic heterocycles. The molecular weight excluding hydrogens is 308 g/mol. The van der Waals surface area contributed by atoms with E-state index in [1.807, 2.05) is 0 Å². The van der Waals surface area contributed by atoms with Crippen LogP contribution in [0.25, 0.3) is 21.9 Å². The van der Waals surface area contributed by atoms with E-state index in [2.05, 4.69) is 83.9 Å². The van der Waals surface area contributed by atoms with E-state index in [1.165, 1.54) is 27.5 Å². The van der Waals surface area contributed by atoms with Gasteiger partial charge in [-0.1, -0.05) is 66.7 Å². The van der Waals surface area contributed by atoms with Crippen LogP contribution in [0.1, 0.15) is 12.5 Å². The summed E-state index contributed by atoms with van der Waals surface area (Å²) >= 11 is 0. The number of piperazine rings is 1. The second kappa shape index (κ2) is 6.96. The molecule has 2 unspecified atom stereocenters. The molecule has 3 aromatic rings. The Hall–Kier alpha value is -2.20. The smallest absolute Gasteiger partial charge is 0.120 e. The summed E-state index contributed by atoms with van der Waals surface area (Å²) < 4.78 is 0. The Kier molecular flexibility index (Phi) is 4.53. The maximum atomic E-state index is 9.97. The van der Waals surface area contributed by atoms with E-state index in [0.717, 1.165) is 19.6 Å². The van der Waals surface area contributed by atoms with Crippen LogP contribution in [0.5, 0.6) is 0 Å². The highest BCUT2D eigenvalue weighted by Crippen LogP contribution is 2.29. The van der Waals surface area contributed by atoms with E-state index in [0.29, 0.717) is 0 Å². The van der Waals surface area contributed by atoms with Gasteiger partial charge >= 0.3 is 0 Å². The summed E-state index contributed by atoms with van der Waals surface area (Å²) in [4.78, 5) is 2.33. The Morgan fingerprint density at radius 2 is 1.76 bits per heavy atom. The highest BCUT2D eigenvalue weighted by atomic mass is 16.3. The monoisotopic (exact) mass is 332 g/mol. The average molecular weight is 332 g/mol. The van der Waals surface area contributed by atoms with Crippen molar-refractivity contribution in [2.75, 3.05) is 13.1 Å². The Bertz CT molecular complexity index is 854. The fraction of sp³-hybridized carbons (Fsp3) is 0.273. The molecule has 2 N–H and O–H groups in total. The second-order valence-electron chi connectivity index (χ2n) is 6.83. The lowest BCUT2D eigenvalue weighted by Crippen LogP contribution is -2.56. The molecule has 0 spiro atoms. The molecule has 1 aliphatic rings. The molecule has 1 saturated heterocycles. The Labute approximate surface area is 148 Å². The third-order valence-electron chi connectivity index (χ3n) is 5.23. The van der Waals surface area contributed by atoms with Crippen molar-refractivity contribution < 1.29 is 5.11 Å². The van der Waals surface area contributed by atoms with Gasteiger partial charge in [-0.3, -0.25) is 10.2 Å². The lowest BCUT2D eigenvalue weighted by Gasteiger charge is -2.37. The summed E-state index contributed by atoms with van der Waals surface area (Å²) in [5.41, 5.74) is 3.80. The summed E-state index contributed by atoms with van der Waals surface area (Å²) in [6.07, 6.45) is -0.441. The molecule has 0 amide bonds. The lowest BCUT2D eigenvalue weighted by atomic mass is 9.97. The van der Waals surface area contributed by atoms with Gasteiger partial charge in [0.25, 0.3) is 0 Å². The molecule has 2 atom stereocenters. The number of benzene rings is 3. The fourth-order valence-corrected chi connectivity index (χ4v) is 3.65. The minimum atomic E-state index is -0.441. The van der Waals surface area contributed by atoms with Crippen LogP contribution in [0.3, 0.4) is 0 Å². The molecule has 25 heavy (non-hydrogen) atoms. The minimum Gasteiger partial charge on any atom is -0.377 e. The Morgan fingerprint density at radius 3 is 2.60 bits per heavy atom. The summed E-state index contributed by atoms with van der Waals surface area (Å²) in [6.45, 7) is 4.74. The van der Waals surface area contributed by atoms with Gasteiger partial charge in [0.15, 0.2) is 0 Å². The van der Waals surface area contributed by atoms with E-state index in [4.69, 9.17) is 0 Å². The van der Waals surface area contributed by atoms with E-state index in [9.17, 15) is 5.11 Å². The maximum absolute atomic E-state index is 9.97. The van der Waals surface area contributed by atoms with Crippen molar-refractivity contribution in [3.63, 3.8) is 0 Å². The normalized spacial score (nSPS) is 21.5. The van der Waals surface area contributed by atoms with Crippen molar-refractivity contribution in [3.8, 4) is 11.1 Å². The third-order valence-corrected chi connectivity index (χ3v) is 5.23. The van der Waals surface area contributed by atoms with Crippen LogP contribution in [0.4, 0.5) is 0 Å². The summed E-state index contributed by atoms with van der Waals surface area (Å²) in [6, 6.07) is 23.9. The molecule has 0 saturated carbocycles. The zero-order valence-corrected chi connectivity index (χ0v) is 14.5. The van der Waals surface area contributed by atoms with Crippen LogP contribution in [-0.2, 0) is 6.54 Å². The van der Waals surface area contributed by atoms with Gasteiger partial charge in [0.2, 0.25) is 0 Å². The summed E-state index contributed by atoms with van der Waals surface area (Å²) in [5, 5.41) is 15.6. The highest BCUT2D eigenvalue weighted by molar-refractivity contribution is 5.96.